The third-order valence-corrected chi connectivity index (χ3v) is 1.89. The monoisotopic (exact) mass is 257 g/mol. The van der Waals surface area contributed by atoms with Gasteiger partial charge >= 0.3 is 12.1 Å². The summed E-state index contributed by atoms with van der Waals surface area (Å²) in [6, 6.07) is 0.852. The second-order valence-corrected chi connectivity index (χ2v) is 3.03. The lowest BCUT2D eigenvalue weighted by Crippen LogP contribution is -2.33. The van der Waals surface area contributed by atoms with E-state index in [-0.39, 0.29) is 12.1 Å². The number of nitro benzene ring substituents is 1. The van der Waals surface area contributed by atoms with Gasteiger partial charge in [-0.2, -0.15) is 22.0 Å². The van der Waals surface area contributed by atoms with Crippen LogP contribution in [0.5, 0.6) is 5.75 Å². The van der Waals surface area contributed by atoms with Gasteiger partial charge in [-0.15, -0.1) is 0 Å². The van der Waals surface area contributed by atoms with Crippen LogP contribution >= 0.6 is 0 Å². The summed E-state index contributed by atoms with van der Waals surface area (Å²) in [5.41, 5.74) is -2.51. The summed E-state index contributed by atoms with van der Waals surface area (Å²) in [4.78, 5) is 9.16. The number of nitro groups is 1. The van der Waals surface area contributed by atoms with E-state index in [9.17, 15) is 32.1 Å². The maximum absolute atomic E-state index is 12.8. The van der Waals surface area contributed by atoms with Crippen LogP contribution in [0, 0.1) is 10.1 Å². The number of rotatable bonds is 2. The van der Waals surface area contributed by atoms with Gasteiger partial charge in [0.2, 0.25) is 0 Å². The van der Waals surface area contributed by atoms with E-state index in [1.54, 1.807) is 0 Å². The Bertz CT molecular complexity index is 457. The van der Waals surface area contributed by atoms with E-state index < -0.39 is 34.0 Å². The van der Waals surface area contributed by atoms with E-state index in [4.69, 9.17) is 5.11 Å². The van der Waals surface area contributed by atoms with Crippen LogP contribution in [0.2, 0.25) is 0 Å². The first-order valence-electron chi connectivity index (χ1n) is 4.00. The van der Waals surface area contributed by atoms with Crippen molar-refractivity contribution in [1.29, 1.82) is 0 Å². The highest BCUT2D eigenvalue weighted by atomic mass is 19.4. The SMILES string of the molecule is O=[N+]([O-])c1ccc(C(F)(F)C(F)(F)F)c(O)c1. The second kappa shape index (κ2) is 3.82. The van der Waals surface area contributed by atoms with Gasteiger partial charge in [0.05, 0.1) is 16.6 Å². The van der Waals surface area contributed by atoms with Crippen molar-refractivity contribution in [1.82, 2.24) is 0 Å². The molecular weight excluding hydrogens is 253 g/mol. The quantitative estimate of drug-likeness (QED) is 0.503. The Hall–Kier alpha value is -1.93. The van der Waals surface area contributed by atoms with Crippen molar-refractivity contribution in [3.63, 3.8) is 0 Å². The van der Waals surface area contributed by atoms with Gasteiger partial charge in [0.1, 0.15) is 5.75 Å². The number of non-ortho nitro benzene ring substituents is 1. The molecule has 0 spiro atoms. The van der Waals surface area contributed by atoms with E-state index in [2.05, 4.69) is 0 Å². The number of phenols is 1. The van der Waals surface area contributed by atoms with E-state index in [0.717, 1.165) is 0 Å². The molecular formula is C8H4F5NO3. The fourth-order valence-electron chi connectivity index (χ4n) is 1.05. The lowest BCUT2D eigenvalue weighted by atomic mass is 10.1. The summed E-state index contributed by atoms with van der Waals surface area (Å²) >= 11 is 0. The lowest BCUT2D eigenvalue weighted by Gasteiger charge is -2.20. The highest BCUT2D eigenvalue weighted by Crippen LogP contribution is 2.47. The highest BCUT2D eigenvalue weighted by molar-refractivity contribution is 5.45. The predicted octanol–water partition coefficient (Wildman–Crippen LogP) is 2.95. The molecule has 0 saturated carbocycles. The van der Waals surface area contributed by atoms with Gasteiger partial charge in [0.15, 0.2) is 0 Å². The Labute approximate surface area is 90.4 Å². The third-order valence-electron chi connectivity index (χ3n) is 1.89. The first-order valence-corrected chi connectivity index (χ1v) is 4.00. The number of aromatic hydroxyl groups is 1. The van der Waals surface area contributed by atoms with Gasteiger partial charge in [-0.1, -0.05) is 0 Å². The topological polar surface area (TPSA) is 63.4 Å². The molecule has 0 bridgehead atoms. The molecule has 0 aliphatic rings. The molecule has 1 aromatic carbocycles. The van der Waals surface area contributed by atoms with E-state index in [1.807, 2.05) is 0 Å². The van der Waals surface area contributed by atoms with E-state index in [0.29, 0.717) is 6.07 Å². The van der Waals surface area contributed by atoms with Gasteiger partial charge in [-0.05, 0) is 6.07 Å². The molecule has 17 heavy (non-hydrogen) atoms. The minimum Gasteiger partial charge on any atom is -0.507 e. The molecule has 0 radical (unpaired) electrons. The van der Waals surface area contributed by atoms with Crippen molar-refractivity contribution in [3.8, 4) is 5.75 Å². The minimum atomic E-state index is -5.89. The Morgan fingerprint density at radius 3 is 2.06 bits per heavy atom. The second-order valence-electron chi connectivity index (χ2n) is 3.03. The van der Waals surface area contributed by atoms with Gasteiger partial charge < -0.3 is 5.11 Å². The van der Waals surface area contributed by atoms with Gasteiger partial charge in [0, 0.05) is 6.07 Å². The van der Waals surface area contributed by atoms with Crippen LogP contribution in [0.3, 0.4) is 0 Å². The molecule has 9 heteroatoms. The Morgan fingerprint density at radius 1 is 1.18 bits per heavy atom. The lowest BCUT2D eigenvalue weighted by molar-refractivity contribution is -0.385. The average Bonchev–Trinajstić information content (AvgIpc) is 2.15. The van der Waals surface area contributed by atoms with Crippen molar-refractivity contribution in [3.05, 3.63) is 33.9 Å². The van der Waals surface area contributed by atoms with Crippen LogP contribution in [0.25, 0.3) is 0 Å². The summed E-state index contributed by atoms with van der Waals surface area (Å²) in [6.45, 7) is 0. The highest BCUT2D eigenvalue weighted by Gasteiger charge is 2.60. The molecule has 0 saturated heterocycles. The molecule has 0 amide bonds. The summed E-state index contributed by atoms with van der Waals surface area (Å²) in [6.07, 6.45) is -5.89. The molecule has 0 atom stereocenters. The zero-order valence-electron chi connectivity index (χ0n) is 7.83. The zero-order chi connectivity index (χ0) is 13.4. The first kappa shape index (κ1) is 13.1. The molecule has 4 nitrogen and oxygen atoms in total. The first-order chi connectivity index (χ1) is 7.57. The summed E-state index contributed by atoms with van der Waals surface area (Å²) < 4.78 is 61.5. The molecule has 0 aliphatic carbocycles. The van der Waals surface area contributed by atoms with Crippen molar-refractivity contribution < 1.29 is 32.0 Å². The Balaban J connectivity index is 3.30. The van der Waals surface area contributed by atoms with Crippen molar-refractivity contribution in [2.75, 3.05) is 0 Å². The van der Waals surface area contributed by atoms with Crippen LogP contribution in [0.4, 0.5) is 27.6 Å². The van der Waals surface area contributed by atoms with Crippen LogP contribution in [0.15, 0.2) is 18.2 Å². The molecule has 0 unspecified atom stereocenters. The molecule has 1 aromatic rings. The van der Waals surface area contributed by atoms with Crippen LogP contribution in [-0.4, -0.2) is 16.2 Å². The van der Waals surface area contributed by atoms with Gasteiger partial charge in [-0.25, -0.2) is 0 Å². The summed E-state index contributed by atoms with van der Waals surface area (Å²) in [5.74, 6) is -6.76. The maximum Gasteiger partial charge on any atom is 0.458 e. The molecule has 0 heterocycles. The number of nitrogens with zero attached hydrogens (tertiary/aromatic N) is 1. The van der Waals surface area contributed by atoms with Gasteiger partial charge in [0.25, 0.3) is 5.69 Å². The molecule has 0 aliphatic heterocycles. The van der Waals surface area contributed by atoms with Gasteiger partial charge in [-0.3, -0.25) is 10.1 Å². The number of hydrogen-bond donors (Lipinski definition) is 1. The molecule has 0 fully saturated rings. The van der Waals surface area contributed by atoms with Crippen molar-refractivity contribution in [2.45, 2.75) is 12.1 Å². The predicted molar refractivity (Wildman–Crippen MR) is 44.7 cm³/mol. The van der Waals surface area contributed by atoms with Crippen molar-refractivity contribution >= 4 is 5.69 Å². The number of alkyl halides is 5. The zero-order valence-corrected chi connectivity index (χ0v) is 7.83. The Morgan fingerprint density at radius 2 is 1.71 bits per heavy atom. The fourth-order valence-corrected chi connectivity index (χ4v) is 1.05. The minimum absolute atomic E-state index is 0.168. The normalized spacial score (nSPS) is 12.5. The number of phenolic OH excluding ortho intramolecular Hbond substituents is 1. The largest absolute Gasteiger partial charge is 0.507 e. The molecule has 0 aromatic heterocycles. The number of halogens is 5. The maximum atomic E-state index is 12.8. The van der Waals surface area contributed by atoms with E-state index >= 15 is 0 Å². The van der Waals surface area contributed by atoms with Crippen molar-refractivity contribution in [2.24, 2.45) is 0 Å². The summed E-state index contributed by atoms with van der Waals surface area (Å²) in [5, 5.41) is 19.2. The average molecular weight is 257 g/mol. The van der Waals surface area contributed by atoms with Crippen LogP contribution < -0.4 is 0 Å². The molecule has 1 rings (SSSR count). The number of benzene rings is 1. The van der Waals surface area contributed by atoms with E-state index in [1.165, 1.54) is 0 Å². The third kappa shape index (κ3) is 2.27. The number of hydrogen-bond acceptors (Lipinski definition) is 3. The Kier molecular flexibility index (Phi) is 2.96. The van der Waals surface area contributed by atoms with Crippen LogP contribution in [0.1, 0.15) is 5.56 Å². The fraction of sp³-hybridized carbons (Fsp3) is 0.250. The molecule has 94 valence electrons. The summed E-state index contributed by atoms with van der Waals surface area (Å²) in [7, 11) is 0. The van der Waals surface area contributed by atoms with Crippen LogP contribution in [-0.2, 0) is 5.92 Å². The standard InChI is InChI=1S/C8H4F5NO3/c9-7(10,8(11,12)13)5-2-1-4(14(16)17)3-6(5)15/h1-3,15H. The smallest absolute Gasteiger partial charge is 0.458 e. The molecule has 1 N–H and O–H groups in total.